The maximum Gasteiger partial charge on any atom is 0.126 e. The molecule has 1 rings (SSSR count). The predicted molar refractivity (Wildman–Crippen MR) is 72.1 cm³/mol. The molecule has 1 N–H and O–H groups in total. The van der Waals surface area contributed by atoms with Crippen LogP contribution in [0.3, 0.4) is 0 Å². The van der Waals surface area contributed by atoms with E-state index in [0.717, 1.165) is 25.3 Å². The molecule has 0 atom stereocenters. The summed E-state index contributed by atoms with van der Waals surface area (Å²) in [5.41, 5.74) is 2.40. The van der Waals surface area contributed by atoms with Crippen LogP contribution in [-0.2, 0) is 6.54 Å². The van der Waals surface area contributed by atoms with Gasteiger partial charge in [-0.05, 0) is 26.0 Å². The van der Waals surface area contributed by atoms with E-state index in [1.807, 2.05) is 6.92 Å². The normalized spacial score (nSPS) is 9.59. The van der Waals surface area contributed by atoms with Crippen molar-refractivity contribution in [3.8, 4) is 17.6 Å². The molecule has 0 amide bonds. The molecule has 0 unspecified atom stereocenters. The monoisotopic (exact) mass is 231 g/mol. The first-order valence-corrected chi connectivity index (χ1v) is 6.11. The Morgan fingerprint density at radius 2 is 2.18 bits per heavy atom. The molecular weight excluding hydrogens is 210 g/mol. The van der Waals surface area contributed by atoms with Crippen molar-refractivity contribution in [3.63, 3.8) is 0 Å². The molecule has 0 saturated heterocycles. The first kappa shape index (κ1) is 13.6. The molecule has 1 aromatic rings. The second-order valence-corrected chi connectivity index (χ2v) is 3.87. The van der Waals surface area contributed by atoms with Crippen molar-refractivity contribution in [2.24, 2.45) is 0 Å². The SMILES string of the molecule is CC#CCCOc1c(C)cccc1CNCC. The molecule has 0 aliphatic carbocycles. The molecule has 2 heteroatoms. The summed E-state index contributed by atoms with van der Waals surface area (Å²) in [6.45, 7) is 8.51. The Morgan fingerprint density at radius 1 is 1.35 bits per heavy atom. The molecule has 1 aromatic carbocycles. The second kappa shape index (κ2) is 7.76. The summed E-state index contributed by atoms with van der Waals surface area (Å²) < 4.78 is 5.82. The van der Waals surface area contributed by atoms with E-state index in [-0.39, 0.29) is 0 Å². The zero-order valence-electron chi connectivity index (χ0n) is 11.0. The van der Waals surface area contributed by atoms with E-state index >= 15 is 0 Å². The molecule has 17 heavy (non-hydrogen) atoms. The van der Waals surface area contributed by atoms with Crippen LogP contribution in [0.15, 0.2) is 18.2 Å². The Labute approximate surface area is 104 Å². The Morgan fingerprint density at radius 3 is 2.88 bits per heavy atom. The van der Waals surface area contributed by atoms with Crippen LogP contribution in [0, 0.1) is 18.8 Å². The number of aryl methyl sites for hydroxylation is 1. The third-order valence-corrected chi connectivity index (χ3v) is 2.51. The summed E-state index contributed by atoms with van der Waals surface area (Å²) in [7, 11) is 0. The lowest BCUT2D eigenvalue weighted by atomic mass is 10.1. The molecule has 0 radical (unpaired) electrons. The van der Waals surface area contributed by atoms with Gasteiger partial charge in [0.15, 0.2) is 0 Å². The fraction of sp³-hybridized carbons (Fsp3) is 0.467. The van der Waals surface area contributed by atoms with Crippen molar-refractivity contribution in [2.45, 2.75) is 33.7 Å². The maximum absolute atomic E-state index is 5.82. The molecule has 0 aromatic heterocycles. The zero-order valence-corrected chi connectivity index (χ0v) is 11.0. The van der Waals surface area contributed by atoms with E-state index in [2.05, 4.69) is 49.2 Å². The molecule has 0 aliphatic rings. The van der Waals surface area contributed by atoms with Gasteiger partial charge in [0.1, 0.15) is 5.75 Å². The number of rotatable bonds is 6. The van der Waals surface area contributed by atoms with Gasteiger partial charge in [0.2, 0.25) is 0 Å². The number of benzene rings is 1. The van der Waals surface area contributed by atoms with Gasteiger partial charge in [0, 0.05) is 18.5 Å². The first-order valence-electron chi connectivity index (χ1n) is 6.11. The van der Waals surface area contributed by atoms with Crippen molar-refractivity contribution < 1.29 is 4.74 Å². The second-order valence-electron chi connectivity index (χ2n) is 3.87. The highest BCUT2D eigenvalue weighted by Gasteiger charge is 2.05. The van der Waals surface area contributed by atoms with Gasteiger partial charge in [-0.25, -0.2) is 0 Å². The smallest absolute Gasteiger partial charge is 0.126 e. The van der Waals surface area contributed by atoms with Crippen molar-refractivity contribution in [2.75, 3.05) is 13.2 Å². The number of hydrogen-bond donors (Lipinski definition) is 1. The standard InChI is InChI=1S/C15H21NO/c1-4-6-7-11-17-15-13(3)9-8-10-14(15)12-16-5-2/h8-10,16H,5,7,11-12H2,1-3H3. The van der Waals surface area contributed by atoms with Gasteiger partial charge in [-0.2, -0.15) is 0 Å². The van der Waals surface area contributed by atoms with E-state index in [1.54, 1.807) is 0 Å². The molecule has 0 fully saturated rings. The predicted octanol–water partition coefficient (Wildman–Crippen LogP) is 2.90. The van der Waals surface area contributed by atoms with Gasteiger partial charge in [-0.15, -0.1) is 11.8 Å². The Balaban J connectivity index is 2.68. The summed E-state index contributed by atoms with van der Waals surface area (Å²) in [5.74, 6) is 6.89. The lowest BCUT2D eigenvalue weighted by molar-refractivity contribution is 0.320. The molecule has 0 aliphatic heterocycles. The van der Waals surface area contributed by atoms with Gasteiger partial charge in [0.05, 0.1) is 6.61 Å². The van der Waals surface area contributed by atoms with Crippen molar-refractivity contribution in [1.29, 1.82) is 0 Å². The van der Waals surface area contributed by atoms with Crippen LogP contribution in [0.25, 0.3) is 0 Å². The van der Waals surface area contributed by atoms with Gasteiger partial charge >= 0.3 is 0 Å². The van der Waals surface area contributed by atoms with Gasteiger partial charge in [-0.3, -0.25) is 0 Å². The number of para-hydroxylation sites is 1. The number of nitrogens with one attached hydrogen (secondary N) is 1. The summed E-state index contributed by atoms with van der Waals surface area (Å²) >= 11 is 0. The third-order valence-electron chi connectivity index (χ3n) is 2.51. The fourth-order valence-electron chi connectivity index (χ4n) is 1.65. The van der Waals surface area contributed by atoms with Gasteiger partial charge in [-0.1, -0.05) is 25.1 Å². The highest BCUT2D eigenvalue weighted by molar-refractivity contribution is 5.40. The molecule has 0 heterocycles. The van der Waals surface area contributed by atoms with E-state index in [4.69, 9.17) is 4.74 Å². The molecule has 0 saturated carbocycles. The minimum Gasteiger partial charge on any atom is -0.492 e. The fourth-order valence-corrected chi connectivity index (χ4v) is 1.65. The summed E-state index contributed by atoms with van der Waals surface area (Å²) in [6.07, 6.45) is 0.783. The van der Waals surface area contributed by atoms with E-state index in [9.17, 15) is 0 Å². The lowest BCUT2D eigenvalue weighted by Crippen LogP contribution is -2.13. The van der Waals surface area contributed by atoms with Crippen LogP contribution in [0.1, 0.15) is 31.4 Å². The zero-order chi connectivity index (χ0) is 12.5. The van der Waals surface area contributed by atoms with Crippen LogP contribution in [0.4, 0.5) is 0 Å². The van der Waals surface area contributed by atoms with Crippen molar-refractivity contribution >= 4 is 0 Å². The number of hydrogen-bond acceptors (Lipinski definition) is 2. The molecule has 0 bridgehead atoms. The average Bonchev–Trinajstić information content (AvgIpc) is 2.34. The lowest BCUT2D eigenvalue weighted by Gasteiger charge is -2.13. The molecule has 92 valence electrons. The van der Waals surface area contributed by atoms with Crippen LogP contribution < -0.4 is 10.1 Å². The Kier molecular flexibility index (Phi) is 6.21. The van der Waals surface area contributed by atoms with Gasteiger partial charge < -0.3 is 10.1 Å². The third kappa shape index (κ3) is 4.50. The quantitative estimate of drug-likeness (QED) is 0.600. The van der Waals surface area contributed by atoms with Crippen LogP contribution in [-0.4, -0.2) is 13.2 Å². The van der Waals surface area contributed by atoms with Crippen LogP contribution in [0.2, 0.25) is 0 Å². The van der Waals surface area contributed by atoms with E-state index < -0.39 is 0 Å². The summed E-state index contributed by atoms with van der Waals surface area (Å²) in [5, 5.41) is 3.33. The van der Waals surface area contributed by atoms with Crippen molar-refractivity contribution in [3.05, 3.63) is 29.3 Å². The van der Waals surface area contributed by atoms with Crippen molar-refractivity contribution in [1.82, 2.24) is 5.32 Å². The minimum atomic E-state index is 0.658. The Bertz CT molecular complexity index is 401. The molecule has 2 nitrogen and oxygen atoms in total. The maximum atomic E-state index is 5.82. The average molecular weight is 231 g/mol. The molecular formula is C15H21NO. The van der Waals surface area contributed by atoms with Crippen LogP contribution in [0.5, 0.6) is 5.75 Å². The molecule has 0 spiro atoms. The largest absolute Gasteiger partial charge is 0.492 e. The Hall–Kier alpha value is -1.46. The highest BCUT2D eigenvalue weighted by atomic mass is 16.5. The summed E-state index contributed by atoms with van der Waals surface area (Å²) in [6, 6.07) is 6.26. The number of ether oxygens (including phenoxy) is 1. The van der Waals surface area contributed by atoms with E-state index in [0.29, 0.717) is 6.61 Å². The van der Waals surface area contributed by atoms with E-state index in [1.165, 1.54) is 11.1 Å². The van der Waals surface area contributed by atoms with Crippen LogP contribution >= 0.6 is 0 Å². The van der Waals surface area contributed by atoms with Gasteiger partial charge in [0.25, 0.3) is 0 Å². The summed E-state index contributed by atoms with van der Waals surface area (Å²) in [4.78, 5) is 0. The highest BCUT2D eigenvalue weighted by Crippen LogP contribution is 2.23. The minimum absolute atomic E-state index is 0.658. The topological polar surface area (TPSA) is 21.3 Å². The first-order chi connectivity index (χ1) is 8.29.